The molecule has 0 radical (unpaired) electrons. The second kappa shape index (κ2) is 4.60. The third kappa shape index (κ3) is 1.83. The van der Waals surface area contributed by atoms with Gasteiger partial charge in [0.1, 0.15) is 18.2 Å². The topological polar surface area (TPSA) is 43.1 Å². The molecule has 104 valence electrons. The van der Waals surface area contributed by atoms with Crippen LogP contribution >= 0.6 is 11.3 Å². The van der Waals surface area contributed by atoms with Crippen molar-refractivity contribution in [1.29, 1.82) is 0 Å². The fourth-order valence-electron chi connectivity index (χ4n) is 2.56. The summed E-state index contributed by atoms with van der Waals surface area (Å²) in [5, 5.41) is 10.3. The highest BCUT2D eigenvalue weighted by atomic mass is 32.1. The van der Waals surface area contributed by atoms with Crippen molar-refractivity contribution in [2.75, 3.05) is 0 Å². The molecule has 0 unspecified atom stereocenters. The molecule has 0 fully saturated rings. The van der Waals surface area contributed by atoms with Gasteiger partial charge in [0.2, 0.25) is 0 Å². The molecular formula is C15H11FN4S. The largest absolute Gasteiger partial charge is 0.280 e. The van der Waals surface area contributed by atoms with Gasteiger partial charge in [0, 0.05) is 5.56 Å². The van der Waals surface area contributed by atoms with Crippen LogP contribution in [-0.2, 0) is 6.54 Å². The molecular weight excluding hydrogens is 287 g/mol. The van der Waals surface area contributed by atoms with Gasteiger partial charge in [0.25, 0.3) is 0 Å². The summed E-state index contributed by atoms with van der Waals surface area (Å²) >= 11 is 1.55. The SMILES string of the molecule is Cc1nnc2n1-c1ccsc1C(c1ccccc1F)=NC2. The van der Waals surface area contributed by atoms with Crippen LogP contribution in [0.3, 0.4) is 0 Å². The van der Waals surface area contributed by atoms with Crippen molar-refractivity contribution >= 4 is 17.0 Å². The Morgan fingerprint density at radius 3 is 2.90 bits per heavy atom. The zero-order chi connectivity index (χ0) is 14.4. The molecule has 0 N–H and O–H groups in total. The first-order valence-electron chi connectivity index (χ1n) is 6.54. The van der Waals surface area contributed by atoms with E-state index in [1.54, 1.807) is 23.5 Å². The lowest BCUT2D eigenvalue weighted by atomic mass is 10.1. The van der Waals surface area contributed by atoms with E-state index in [9.17, 15) is 4.39 Å². The minimum Gasteiger partial charge on any atom is -0.280 e. The second-order valence-electron chi connectivity index (χ2n) is 4.78. The van der Waals surface area contributed by atoms with Crippen molar-refractivity contribution < 1.29 is 4.39 Å². The van der Waals surface area contributed by atoms with Crippen LogP contribution in [0.1, 0.15) is 22.1 Å². The Morgan fingerprint density at radius 2 is 2.05 bits per heavy atom. The van der Waals surface area contributed by atoms with Gasteiger partial charge in [-0.15, -0.1) is 21.5 Å². The number of aromatic nitrogens is 3. The maximum atomic E-state index is 14.1. The van der Waals surface area contributed by atoms with Gasteiger partial charge in [-0.1, -0.05) is 12.1 Å². The fraction of sp³-hybridized carbons (Fsp3) is 0.133. The van der Waals surface area contributed by atoms with Gasteiger partial charge in [0.05, 0.1) is 16.3 Å². The Bertz CT molecular complexity index is 862. The second-order valence-corrected chi connectivity index (χ2v) is 5.69. The number of aliphatic imine (C=N–C) groups is 1. The van der Waals surface area contributed by atoms with Gasteiger partial charge in [-0.2, -0.15) is 0 Å². The van der Waals surface area contributed by atoms with E-state index in [-0.39, 0.29) is 5.82 Å². The van der Waals surface area contributed by atoms with Crippen molar-refractivity contribution in [3.05, 3.63) is 63.6 Å². The van der Waals surface area contributed by atoms with Gasteiger partial charge in [-0.25, -0.2) is 4.39 Å². The number of fused-ring (bicyclic) bond motifs is 3. The summed E-state index contributed by atoms with van der Waals surface area (Å²) in [6, 6.07) is 8.73. The molecule has 1 aromatic carbocycles. The number of hydrogen-bond donors (Lipinski definition) is 0. The van der Waals surface area contributed by atoms with Crippen molar-refractivity contribution in [2.45, 2.75) is 13.5 Å². The van der Waals surface area contributed by atoms with Crippen LogP contribution in [0, 0.1) is 12.7 Å². The van der Waals surface area contributed by atoms with E-state index < -0.39 is 0 Å². The van der Waals surface area contributed by atoms with Gasteiger partial charge < -0.3 is 0 Å². The van der Waals surface area contributed by atoms with Crippen LogP contribution in [-0.4, -0.2) is 20.5 Å². The van der Waals surface area contributed by atoms with Crippen molar-refractivity contribution in [3.63, 3.8) is 0 Å². The molecule has 2 aromatic heterocycles. The quantitative estimate of drug-likeness (QED) is 0.692. The summed E-state index contributed by atoms with van der Waals surface area (Å²) in [6.45, 7) is 2.30. The molecule has 4 rings (SSSR count). The van der Waals surface area contributed by atoms with Gasteiger partial charge >= 0.3 is 0 Å². The Kier molecular flexibility index (Phi) is 2.71. The minimum atomic E-state index is -0.259. The molecule has 0 bridgehead atoms. The molecule has 1 aliphatic heterocycles. The van der Waals surface area contributed by atoms with Crippen LogP contribution in [0.4, 0.5) is 4.39 Å². The van der Waals surface area contributed by atoms with Gasteiger partial charge in [-0.3, -0.25) is 9.56 Å². The van der Waals surface area contributed by atoms with Crippen LogP contribution < -0.4 is 0 Å². The molecule has 0 saturated heterocycles. The summed E-state index contributed by atoms with van der Waals surface area (Å²) < 4.78 is 16.1. The lowest BCUT2D eigenvalue weighted by molar-refractivity contribution is 0.625. The Balaban J connectivity index is 1.97. The lowest BCUT2D eigenvalue weighted by Crippen LogP contribution is -2.06. The van der Waals surface area contributed by atoms with E-state index in [2.05, 4.69) is 15.2 Å². The zero-order valence-electron chi connectivity index (χ0n) is 11.2. The standard InChI is InChI=1S/C15H11FN4S/c1-9-18-19-13-8-17-14(10-4-2-3-5-11(10)16)15-12(20(9)13)6-7-21-15/h2-7H,8H2,1H3. The number of thiophene rings is 1. The van der Waals surface area contributed by atoms with E-state index in [1.165, 1.54) is 6.07 Å². The monoisotopic (exact) mass is 298 g/mol. The highest BCUT2D eigenvalue weighted by Crippen LogP contribution is 2.30. The van der Waals surface area contributed by atoms with Crippen molar-refractivity contribution in [2.24, 2.45) is 4.99 Å². The summed E-state index contributed by atoms with van der Waals surface area (Å²) in [5.41, 5.74) is 2.18. The number of rotatable bonds is 1. The number of benzene rings is 1. The molecule has 4 nitrogen and oxygen atoms in total. The Hall–Kier alpha value is -2.34. The highest BCUT2D eigenvalue weighted by molar-refractivity contribution is 7.12. The van der Waals surface area contributed by atoms with E-state index >= 15 is 0 Å². The van der Waals surface area contributed by atoms with E-state index in [1.807, 2.05) is 29.0 Å². The molecule has 0 atom stereocenters. The number of halogens is 1. The minimum absolute atomic E-state index is 0.259. The van der Waals surface area contributed by atoms with Gasteiger partial charge in [0.15, 0.2) is 5.82 Å². The third-order valence-electron chi connectivity index (χ3n) is 3.50. The number of hydrogen-bond acceptors (Lipinski definition) is 4. The molecule has 6 heteroatoms. The summed E-state index contributed by atoms with van der Waals surface area (Å²) in [7, 11) is 0. The number of nitrogens with zero attached hydrogens (tertiary/aromatic N) is 4. The van der Waals surface area contributed by atoms with E-state index in [0.717, 1.165) is 22.2 Å². The van der Waals surface area contributed by atoms with E-state index in [4.69, 9.17) is 0 Å². The molecule has 0 spiro atoms. The molecule has 1 aliphatic rings. The Labute approximate surface area is 124 Å². The fourth-order valence-corrected chi connectivity index (χ4v) is 3.46. The third-order valence-corrected chi connectivity index (χ3v) is 4.41. The van der Waals surface area contributed by atoms with Crippen LogP contribution in [0.25, 0.3) is 5.69 Å². The first kappa shape index (κ1) is 12.4. The summed E-state index contributed by atoms with van der Waals surface area (Å²) in [5.74, 6) is 1.33. The predicted octanol–water partition coefficient (Wildman–Crippen LogP) is 3.13. The average molecular weight is 298 g/mol. The molecule has 0 saturated carbocycles. The maximum Gasteiger partial charge on any atom is 0.159 e. The summed E-state index contributed by atoms with van der Waals surface area (Å²) in [4.78, 5) is 5.53. The number of aryl methyl sites for hydroxylation is 1. The smallest absolute Gasteiger partial charge is 0.159 e. The molecule has 3 heterocycles. The molecule has 0 amide bonds. The van der Waals surface area contributed by atoms with Gasteiger partial charge in [-0.05, 0) is 30.5 Å². The van der Waals surface area contributed by atoms with Crippen LogP contribution in [0.5, 0.6) is 0 Å². The lowest BCUT2D eigenvalue weighted by Gasteiger charge is -2.08. The first-order chi connectivity index (χ1) is 10.3. The molecule has 21 heavy (non-hydrogen) atoms. The van der Waals surface area contributed by atoms with Crippen molar-refractivity contribution in [1.82, 2.24) is 14.8 Å². The van der Waals surface area contributed by atoms with Crippen LogP contribution in [0.2, 0.25) is 0 Å². The predicted molar refractivity (Wildman–Crippen MR) is 79.7 cm³/mol. The maximum absolute atomic E-state index is 14.1. The van der Waals surface area contributed by atoms with Crippen LogP contribution in [0.15, 0.2) is 40.7 Å². The molecule has 0 aliphatic carbocycles. The average Bonchev–Trinajstić information content (AvgIpc) is 3.05. The normalized spacial score (nSPS) is 13.3. The molecule has 3 aromatic rings. The zero-order valence-corrected chi connectivity index (χ0v) is 12.1. The van der Waals surface area contributed by atoms with Crippen molar-refractivity contribution in [3.8, 4) is 5.69 Å². The summed E-state index contributed by atoms with van der Waals surface area (Å²) in [6.07, 6.45) is 0. The Morgan fingerprint density at radius 1 is 1.19 bits per heavy atom. The highest BCUT2D eigenvalue weighted by Gasteiger charge is 2.23. The first-order valence-corrected chi connectivity index (χ1v) is 7.42. The van der Waals surface area contributed by atoms with E-state index in [0.29, 0.717) is 17.8 Å².